The molecule has 3 heterocycles. The zero-order valence-corrected chi connectivity index (χ0v) is 12.8. The molecule has 1 aromatic carbocycles. The number of nitriles is 1. The van der Waals surface area contributed by atoms with E-state index >= 15 is 0 Å². The maximum absolute atomic E-state index is 12.7. The highest BCUT2D eigenvalue weighted by Gasteiger charge is 2.23. The molecule has 4 nitrogen and oxygen atoms in total. The van der Waals surface area contributed by atoms with E-state index in [0.29, 0.717) is 21.7 Å². The van der Waals surface area contributed by atoms with E-state index in [1.807, 2.05) is 47.0 Å². The normalized spacial score (nSPS) is 10.9. The number of fused-ring (bicyclic) bond motifs is 3. The van der Waals surface area contributed by atoms with Gasteiger partial charge in [-0.1, -0.05) is 36.4 Å². The van der Waals surface area contributed by atoms with Gasteiger partial charge in [-0.25, -0.2) is 0 Å². The SMILES string of the molecule is N#Cc1c2sc(C(=O)c3ccccc3)c(N)c2n2ccccc12. The largest absolute Gasteiger partial charge is 0.396 e. The summed E-state index contributed by atoms with van der Waals surface area (Å²) < 4.78 is 2.64. The van der Waals surface area contributed by atoms with Gasteiger partial charge in [0.05, 0.1) is 27.0 Å². The molecule has 4 rings (SSSR count). The van der Waals surface area contributed by atoms with Gasteiger partial charge in [0, 0.05) is 11.8 Å². The summed E-state index contributed by atoms with van der Waals surface area (Å²) in [5.74, 6) is -0.113. The molecule has 0 bridgehead atoms. The number of pyridine rings is 1. The van der Waals surface area contributed by atoms with Gasteiger partial charge in [0.25, 0.3) is 0 Å². The Balaban J connectivity index is 2.03. The fourth-order valence-corrected chi connectivity index (χ4v) is 3.98. The number of nitrogen functional groups attached to an aromatic ring is 1. The number of rotatable bonds is 2. The van der Waals surface area contributed by atoms with E-state index in [2.05, 4.69) is 6.07 Å². The molecule has 0 spiro atoms. The molecule has 0 aliphatic rings. The third-order valence-electron chi connectivity index (χ3n) is 3.86. The van der Waals surface area contributed by atoms with E-state index in [-0.39, 0.29) is 5.78 Å². The van der Waals surface area contributed by atoms with Crippen LogP contribution in [0.2, 0.25) is 0 Å². The summed E-state index contributed by atoms with van der Waals surface area (Å²) in [7, 11) is 0. The number of benzene rings is 1. The molecule has 110 valence electrons. The molecule has 0 aliphatic heterocycles. The lowest BCUT2D eigenvalue weighted by Crippen LogP contribution is -2.02. The molecule has 0 fully saturated rings. The van der Waals surface area contributed by atoms with Gasteiger partial charge in [-0.05, 0) is 12.1 Å². The number of hydrogen-bond donors (Lipinski definition) is 1. The number of ketones is 1. The highest BCUT2D eigenvalue weighted by atomic mass is 32.1. The molecule has 0 aliphatic carbocycles. The Kier molecular flexibility index (Phi) is 2.93. The molecule has 2 N–H and O–H groups in total. The van der Waals surface area contributed by atoms with Gasteiger partial charge in [0.2, 0.25) is 5.78 Å². The zero-order chi connectivity index (χ0) is 16.0. The van der Waals surface area contributed by atoms with Crippen molar-refractivity contribution in [3.63, 3.8) is 0 Å². The maximum Gasteiger partial charge on any atom is 0.205 e. The fraction of sp³-hybridized carbons (Fsp3) is 0. The Labute approximate surface area is 136 Å². The van der Waals surface area contributed by atoms with Crippen LogP contribution in [0.5, 0.6) is 0 Å². The van der Waals surface area contributed by atoms with Crippen LogP contribution in [-0.4, -0.2) is 10.2 Å². The maximum atomic E-state index is 12.7. The van der Waals surface area contributed by atoms with Crippen LogP contribution in [0, 0.1) is 11.3 Å². The second kappa shape index (κ2) is 4.97. The quantitative estimate of drug-likeness (QED) is 0.571. The highest BCUT2D eigenvalue weighted by Crippen LogP contribution is 2.40. The lowest BCUT2D eigenvalue weighted by molar-refractivity contribution is 0.104. The second-order valence-corrected chi connectivity index (χ2v) is 6.18. The summed E-state index contributed by atoms with van der Waals surface area (Å²) >= 11 is 1.29. The summed E-state index contributed by atoms with van der Waals surface area (Å²) in [4.78, 5) is 13.2. The zero-order valence-electron chi connectivity index (χ0n) is 12.0. The molecule has 0 unspecified atom stereocenters. The topological polar surface area (TPSA) is 71.3 Å². The van der Waals surface area contributed by atoms with E-state index in [9.17, 15) is 10.1 Å². The van der Waals surface area contributed by atoms with Gasteiger partial charge in [-0.15, -0.1) is 11.3 Å². The first-order valence-electron chi connectivity index (χ1n) is 7.03. The van der Waals surface area contributed by atoms with Gasteiger partial charge in [0.15, 0.2) is 0 Å². The van der Waals surface area contributed by atoms with Crippen LogP contribution in [0.15, 0.2) is 54.7 Å². The third-order valence-corrected chi connectivity index (χ3v) is 5.07. The molecule has 0 amide bonds. The Morgan fingerprint density at radius 3 is 2.61 bits per heavy atom. The number of anilines is 1. The van der Waals surface area contributed by atoms with Crippen molar-refractivity contribution in [3.8, 4) is 6.07 Å². The van der Waals surface area contributed by atoms with Crippen LogP contribution in [0.3, 0.4) is 0 Å². The molecule has 0 atom stereocenters. The minimum Gasteiger partial charge on any atom is -0.396 e. The lowest BCUT2D eigenvalue weighted by Gasteiger charge is -2.01. The number of nitrogens with two attached hydrogens (primary N) is 1. The average Bonchev–Trinajstić information content (AvgIpc) is 3.09. The predicted molar refractivity (Wildman–Crippen MR) is 91.8 cm³/mol. The number of hydrogen-bond acceptors (Lipinski definition) is 4. The molecular weight excluding hydrogens is 306 g/mol. The first-order valence-corrected chi connectivity index (χ1v) is 7.85. The Bertz CT molecular complexity index is 1100. The van der Waals surface area contributed by atoms with Crippen molar-refractivity contribution in [3.05, 3.63) is 70.7 Å². The van der Waals surface area contributed by atoms with Crippen molar-refractivity contribution in [2.24, 2.45) is 0 Å². The molecule has 5 heteroatoms. The smallest absolute Gasteiger partial charge is 0.205 e. The Morgan fingerprint density at radius 2 is 1.87 bits per heavy atom. The minimum atomic E-state index is -0.113. The molecule has 3 aromatic heterocycles. The van der Waals surface area contributed by atoms with Crippen molar-refractivity contribution in [1.82, 2.24) is 4.40 Å². The number of aromatic nitrogens is 1. The van der Waals surface area contributed by atoms with Crippen molar-refractivity contribution >= 4 is 38.5 Å². The van der Waals surface area contributed by atoms with E-state index in [1.165, 1.54) is 11.3 Å². The van der Waals surface area contributed by atoms with Crippen molar-refractivity contribution in [2.75, 3.05) is 5.73 Å². The molecule has 0 radical (unpaired) electrons. The lowest BCUT2D eigenvalue weighted by atomic mass is 10.1. The van der Waals surface area contributed by atoms with E-state index in [0.717, 1.165) is 15.7 Å². The molecule has 4 aromatic rings. The van der Waals surface area contributed by atoms with Crippen molar-refractivity contribution in [1.29, 1.82) is 5.26 Å². The summed E-state index contributed by atoms with van der Waals surface area (Å²) in [6.07, 6.45) is 1.86. The average molecular weight is 317 g/mol. The van der Waals surface area contributed by atoms with E-state index < -0.39 is 0 Å². The van der Waals surface area contributed by atoms with Gasteiger partial charge in [-0.2, -0.15) is 5.26 Å². The predicted octanol–water partition coefficient (Wildman–Crippen LogP) is 3.84. The standard InChI is InChI=1S/C18H11N3OS/c19-10-12-13-8-4-5-9-21(13)15-14(20)18(23-17(12)15)16(22)11-6-2-1-3-7-11/h1-9H,20H2. The second-order valence-electron chi connectivity index (χ2n) is 5.16. The number of carbonyl (C=O) groups is 1. The molecule has 0 saturated carbocycles. The van der Waals surface area contributed by atoms with E-state index in [4.69, 9.17) is 5.73 Å². The monoisotopic (exact) mass is 317 g/mol. The van der Waals surface area contributed by atoms with Crippen LogP contribution < -0.4 is 5.73 Å². The first kappa shape index (κ1) is 13.6. The number of nitrogens with zero attached hydrogens (tertiary/aromatic N) is 2. The third kappa shape index (κ3) is 1.86. The van der Waals surface area contributed by atoms with Crippen LogP contribution in [0.25, 0.3) is 15.7 Å². The molecular formula is C18H11N3OS. The first-order chi connectivity index (χ1) is 11.2. The summed E-state index contributed by atoms with van der Waals surface area (Å²) in [6.45, 7) is 0. The van der Waals surface area contributed by atoms with Crippen LogP contribution >= 0.6 is 11.3 Å². The molecule has 0 saturated heterocycles. The van der Waals surface area contributed by atoms with Gasteiger partial charge < -0.3 is 10.1 Å². The Hall–Kier alpha value is -3.10. The summed E-state index contributed by atoms with van der Waals surface area (Å²) in [5, 5.41) is 9.50. The molecule has 23 heavy (non-hydrogen) atoms. The van der Waals surface area contributed by atoms with Crippen molar-refractivity contribution in [2.45, 2.75) is 0 Å². The van der Waals surface area contributed by atoms with E-state index in [1.54, 1.807) is 12.1 Å². The fourth-order valence-electron chi connectivity index (χ4n) is 2.80. The Morgan fingerprint density at radius 1 is 1.13 bits per heavy atom. The minimum absolute atomic E-state index is 0.113. The number of thiophene rings is 1. The van der Waals surface area contributed by atoms with Gasteiger partial charge in [0.1, 0.15) is 10.9 Å². The van der Waals surface area contributed by atoms with Crippen LogP contribution in [-0.2, 0) is 0 Å². The van der Waals surface area contributed by atoms with Crippen molar-refractivity contribution < 1.29 is 4.79 Å². The highest BCUT2D eigenvalue weighted by molar-refractivity contribution is 7.22. The van der Waals surface area contributed by atoms with Crippen LogP contribution in [0.4, 0.5) is 5.69 Å². The van der Waals surface area contributed by atoms with Gasteiger partial charge >= 0.3 is 0 Å². The van der Waals surface area contributed by atoms with Gasteiger partial charge in [-0.3, -0.25) is 4.79 Å². The number of carbonyl (C=O) groups excluding carboxylic acids is 1. The summed E-state index contributed by atoms with van der Waals surface area (Å²) in [5.41, 5.74) is 9.40. The van der Waals surface area contributed by atoms with Crippen LogP contribution in [0.1, 0.15) is 20.8 Å². The summed E-state index contributed by atoms with van der Waals surface area (Å²) in [6, 6.07) is 16.9.